The third-order valence-corrected chi connectivity index (χ3v) is 1.60. The Labute approximate surface area is 60.3 Å². The minimum atomic E-state index is -0.459. The molecule has 0 unspecified atom stereocenters. The van der Waals surface area contributed by atoms with Crippen LogP contribution in [-0.2, 0) is 0 Å². The maximum absolute atomic E-state index is 8.72. The highest BCUT2D eigenvalue weighted by Crippen LogP contribution is 2.28. The highest BCUT2D eigenvalue weighted by molar-refractivity contribution is 5.85. The van der Waals surface area contributed by atoms with Gasteiger partial charge in [-0.3, -0.25) is 0 Å². The van der Waals surface area contributed by atoms with E-state index in [9.17, 15) is 0 Å². The first-order chi connectivity index (χ1) is 3.66. The summed E-state index contributed by atoms with van der Waals surface area (Å²) in [5, 5.41) is 17.3. The Kier molecular flexibility index (Phi) is 2.89. The van der Waals surface area contributed by atoms with Gasteiger partial charge in [-0.15, -0.1) is 12.4 Å². The van der Waals surface area contributed by atoms with Crippen molar-refractivity contribution in [2.45, 2.75) is 24.5 Å². The van der Waals surface area contributed by atoms with Crippen LogP contribution in [0, 0.1) is 0 Å². The lowest BCUT2D eigenvalue weighted by atomic mass is 9.76. The minimum absolute atomic E-state index is 0. The second-order valence-electron chi connectivity index (χ2n) is 2.58. The molecular formula is C5H12ClNO2. The quantitative estimate of drug-likeness (QED) is 0.465. The summed E-state index contributed by atoms with van der Waals surface area (Å²) in [6.07, 6.45) is 0.819. The van der Waals surface area contributed by atoms with Gasteiger partial charge in [0.1, 0.15) is 0 Å². The molecule has 1 fully saturated rings. The van der Waals surface area contributed by atoms with Gasteiger partial charge in [-0.2, -0.15) is 0 Å². The Hall–Kier alpha value is 0.170. The van der Waals surface area contributed by atoms with Gasteiger partial charge >= 0.3 is 0 Å². The van der Waals surface area contributed by atoms with Crippen molar-refractivity contribution in [2.24, 2.45) is 5.73 Å². The number of aliphatic hydroxyl groups excluding tert-OH is 2. The van der Waals surface area contributed by atoms with Gasteiger partial charge in [-0.1, -0.05) is 0 Å². The summed E-state index contributed by atoms with van der Waals surface area (Å²) in [6.45, 7) is -0.00986. The first-order valence-electron chi connectivity index (χ1n) is 2.74. The van der Waals surface area contributed by atoms with Crippen LogP contribution in [-0.4, -0.2) is 28.5 Å². The van der Waals surface area contributed by atoms with Gasteiger partial charge in [-0.05, 0) is 12.8 Å². The molecule has 0 aliphatic heterocycles. The summed E-state index contributed by atoms with van der Waals surface area (Å²) in [4.78, 5) is 0. The third-order valence-electron chi connectivity index (χ3n) is 1.60. The normalized spacial score (nSPS) is 41.0. The van der Waals surface area contributed by atoms with Gasteiger partial charge in [0.25, 0.3) is 0 Å². The minimum Gasteiger partial charge on any atom is -0.394 e. The summed E-state index contributed by atoms with van der Waals surface area (Å²) in [7, 11) is 0. The van der Waals surface area contributed by atoms with Crippen LogP contribution in [0.2, 0.25) is 0 Å². The number of halogens is 1. The van der Waals surface area contributed by atoms with Crippen molar-refractivity contribution in [1.82, 2.24) is 0 Å². The maximum Gasteiger partial charge on any atom is 0.0613 e. The molecule has 1 aliphatic carbocycles. The van der Waals surface area contributed by atoms with Crippen molar-refractivity contribution in [2.75, 3.05) is 6.61 Å². The molecule has 0 aromatic rings. The molecule has 56 valence electrons. The van der Waals surface area contributed by atoms with Gasteiger partial charge in [0.2, 0.25) is 0 Å². The molecule has 1 aliphatic rings. The van der Waals surface area contributed by atoms with E-state index in [2.05, 4.69) is 0 Å². The topological polar surface area (TPSA) is 66.5 Å². The molecule has 0 bridgehead atoms. The van der Waals surface area contributed by atoms with Crippen LogP contribution in [0.4, 0.5) is 0 Å². The molecule has 0 aromatic heterocycles. The van der Waals surface area contributed by atoms with E-state index in [0.717, 1.165) is 0 Å². The van der Waals surface area contributed by atoms with Crippen LogP contribution in [0.3, 0.4) is 0 Å². The average Bonchev–Trinajstić information content (AvgIpc) is 1.63. The second kappa shape index (κ2) is 2.84. The molecule has 0 saturated heterocycles. The number of rotatable bonds is 1. The van der Waals surface area contributed by atoms with E-state index in [1.54, 1.807) is 0 Å². The van der Waals surface area contributed by atoms with Gasteiger partial charge in [0.05, 0.1) is 12.7 Å². The van der Waals surface area contributed by atoms with Crippen LogP contribution in [0.25, 0.3) is 0 Å². The average molecular weight is 154 g/mol. The number of nitrogens with two attached hydrogens (primary N) is 1. The van der Waals surface area contributed by atoms with Crippen molar-refractivity contribution < 1.29 is 10.2 Å². The smallest absolute Gasteiger partial charge is 0.0613 e. The molecule has 0 radical (unpaired) electrons. The van der Waals surface area contributed by atoms with Gasteiger partial charge in [0, 0.05) is 5.54 Å². The Morgan fingerprint density at radius 2 is 2.00 bits per heavy atom. The van der Waals surface area contributed by atoms with Crippen LogP contribution in [0.1, 0.15) is 12.8 Å². The Morgan fingerprint density at radius 3 is 2.11 bits per heavy atom. The molecule has 0 amide bonds. The zero-order valence-corrected chi connectivity index (χ0v) is 5.90. The molecule has 1 saturated carbocycles. The van der Waals surface area contributed by atoms with E-state index in [-0.39, 0.29) is 25.1 Å². The van der Waals surface area contributed by atoms with Crippen LogP contribution in [0.5, 0.6) is 0 Å². The predicted molar refractivity (Wildman–Crippen MR) is 36.5 cm³/mol. The summed E-state index contributed by atoms with van der Waals surface area (Å²) in [5.74, 6) is 0. The standard InChI is InChI=1S/C5H11NO2.ClH/c6-5(3-7)1-4(8)2-5;/h4,7-8H,1-3,6H2;1H. The van der Waals surface area contributed by atoms with Crippen LogP contribution < -0.4 is 5.73 Å². The molecule has 0 spiro atoms. The fraction of sp³-hybridized carbons (Fsp3) is 1.00. The van der Waals surface area contributed by atoms with Crippen molar-refractivity contribution in [1.29, 1.82) is 0 Å². The molecule has 0 heterocycles. The number of aliphatic hydroxyl groups is 2. The molecule has 3 nitrogen and oxygen atoms in total. The van der Waals surface area contributed by atoms with Crippen LogP contribution in [0.15, 0.2) is 0 Å². The predicted octanol–water partition coefficient (Wildman–Crippen LogP) is -0.747. The molecule has 0 atom stereocenters. The van der Waals surface area contributed by atoms with E-state index in [4.69, 9.17) is 15.9 Å². The fourth-order valence-electron chi connectivity index (χ4n) is 1.01. The maximum atomic E-state index is 8.72. The summed E-state index contributed by atoms with van der Waals surface area (Å²) in [6, 6.07) is 0. The molecule has 4 heteroatoms. The van der Waals surface area contributed by atoms with Crippen molar-refractivity contribution >= 4 is 12.4 Å². The highest BCUT2D eigenvalue weighted by Gasteiger charge is 2.39. The summed E-state index contributed by atoms with van der Waals surface area (Å²) >= 11 is 0. The molecular weight excluding hydrogens is 142 g/mol. The Balaban J connectivity index is 0.000000640. The highest BCUT2D eigenvalue weighted by atomic mass is 35.5. The zero-order chi connectivity index (χ0) is 6.20. The van der Waals surface area contributed by atoms with E-state index in [0.29, 0.717) is 12.8 Å². The SMILES string of the molecule is Cl.NC1(CO)CC(O)C1. The number of hydrogen-bond acceptors (Lipinski definition) is 3. The van der Waals surface area contributed by atoms with Gasteiger partial charge in [0.15, 0.2) is 0 Å². The first kappa shape index (κ1) is 9.17. The molecule has 0 aromatic carbocycles. The van der Waals surface area contributed by atoms with Crippen molar-refractivity contribution in [3.05, 3.63) is 0 Å². The van der Waals surface area contributed by atoms with E-state index < -0.39 is 5.54 Å². The monoisotopic (exact) mass is 153 g/mol. The second-order valence-corrected chi connectivity index (χ2v) is 2.58. The van der Waals surface area contributed by atoms with Gasteiger partial charge in [-0.25, -0.2) is 0 Å². The molecule has 1 rings (SSSR count). The van der Waals surface area contributed by atoms with Crippen molar-refractivity contribution in [3.8, 4) is 0 Å². The van der Waals surface area contributed by atoms with E-state index >= 15 is 0 Å². The third kappa shape index (κ3) is 1.79. The lowest BCUT2D eigenvalue weighted by Gasteiger charge is -2.40. The Morgan fingerprint density at radius 1 is 1.56 bits per heavy atom. The van der Waals surface area contributed by atoms with Crippen molar-refractivity contribution in [3.63, 3.8) is 0 Å². The Bertz CT molecular complexity index is 93.0. The number of hydrogen-bond donors (Lipinski definition) is 3. The van der Waals surface area contributed by atoms with E-state index in [1.165, 1.54) is 0 Å². The summed E-state index contributed by atoms with van der Waals surface area (Å²) in [5.41, 5.74) is 5.02. The largest absolute Gasteiger partial charge is 0.394 e. The lowest BCUT2D eigenvalue weighted by Crippen LogP contribution is -2.57. The fourth-order valence-corrected chi connectivity index (χ4v) is 1.01. The lowest BCUT2D eigenvalue weighted by molar-refractivity contribution is -0.00624. The zero-order valence-electron chi connectivity index (χ0n) is 5.08. The molecule has 9 heavy (non-hydrogen) atoms. The van der Waals surface area contributed by atoms with Gasteiger partial charge < -0.3 is 15.9 Å². The summed E-state index contributed by atoms with van der Waals surface area (Å²) < 4.78 is 0. The van der Waals surface area contributed by atoms with E-state index in [1.807, 2.05) is 0 Å². The molecule has 4 N–H and O–H groups in total. The first-order valence-corrected chi connectivity index (χ1v) is 2.74. The van der Waals surface area contributed by atoms with Crippen LogP contribution >= 0.6 is 12.4 Å².